The summed E-state index contributed by atoms with van der Waals surface area (Å²) in [6.07, 6.45) is 0.656. The molecule has 0 spiro atoms. The molecule has 1 aromatic heterocycles. The zero-order chi connectivity index (χ0) is 11.1. The summed E-state index contributed by atoms with van der Waals surface area (Å²) >= 11 is 0. The Labute approximate surface area is 90.3 Å². The fraction of sp³-hybridized carbons (Fsp3) is 0.545. The van der Waals surface area contributed by atoms with Crippen LogP contribution in [0.4, 0.5) is 5.82 Å². The van der Waals surface area contributed by atoms with E-state index in [1.807, 2.05) is 25.1 Å². The number of nitrogens with one attached hydrogen (secondary N) is 1. The highest BCUT2D eigenvalue weighted by Crippen LogP contribution is 2.07. The van der Waals surface area contributed by atoms with Gasteiger partial charge in [-0.2, -0.15) is 0 Å². The zero-order valence-corrected chi connectivity index (χ0v) is 9.23. The summed E-state index contributed by atoms with van der Waals surface area (Å²) in [4.78, 5) is 4.33. The van der Waals surface area contributed by atoms with E-state index in [2.05, 4.69) is 10.3 Å². The molecule has 0 fully saturated rings. The molecule has 4 nitrogen and oxygen atoms in total. The largest absolute Gasteiger partial charge is 0.396 e. The Hall–Kier alpha value is -1.13. The summed E-state index contributed by atoms with van der Waals surface area (Å²) in [6.45, 7) is 2.66. The highest BCUT2D eigenvalue weighted by Gasteiger charge is 2.07. The van der Waals surface area contributed by atoms with Crippen LogP contribution in [0.2, 0.25) is 0 Å². The average molecular weight is 210 g/mol. The molecule has 84 valence electrons. The van der Waals surface area contributed by atoms with Crippen molar-refractivity contribution >= 4 is 5.82 Å². The van der Waals surface area contributed by atoms with Gasteiger partial charge in [0.25, 0.3) is 0 Å². The van der Waals surface area contributed by atoms with Gasteiger partial charge in [0.05, 0.1) is 12.6 Å². The van der Waals surface area contributed by atoms with Gasteiger partial charge in [0.1, 0.15) is 5.82 Å². The number of methoxy groups -OCH3 is 1. The Morgan fingerprint density at radius 2 is 2.33 bits per heavy atom. The SMILES string of the molecule is COCC(CCO)Nc1cccc(C)n1. The predicted octanol–water partition coefficient (Wildman–Crippen LogP) is 1.20. The summed E-state index contributed by atoms with van der Waals surface area (Å²) in [6, 6.07) is 5.91. The Bertz CT molecular complexity index is 286. The highest BCUT2D eigenvalue weighted by atomic mass is 16.5. The maximum absolute atomic E-state index is 8.88. The van der Waals surface area contributed by atoms with Crippen molar-refractivity contribution < 1.29 is 9.84 Å². The molecule has 15 heavy (non-hydrogen) atoms. The molecule has 0 bridgehead atoms. The van der Waals surface area contributed by atoms with Gasteiger partial charge in [-0.1, -0.05) is 6.07 Å². The van der Waals surface area contributed by atoms with Crippen LogP contribution in [0.15, 0.2) is 18.2 Å². The van der Waals surface area contributed by atoms with Crippen LogP contribution in [0.3, 0.4) is 0 Å². The molecule has 0 aliphatic rings. The van der Waals surface area contributed by atoms with E-state index in [4.69, 9.17) is 9.84 Å². The molecular formula is C11H18N2O2. The van der Waals surface area contributed by atoms with Crippen molar-refractivity contribution in [2.24, 2.45) is 0 Å². The van der Waals surface area contributed by atoms with E-state index in [0.717, 1.165) is 11.5 Å². The van der Waals surface area contributed by atoms with Crippen molar-refractivity contribution in [2.75, 3.05) is 25.6 Å². The normalized spacial score (nSPS) is 12.5. The number of ether oxygens (including phenoxy) is 1. The lowest BCUT2D eigenvalue weighted by atomic mass is 10.2. The summed E-state index contributed by atoms with van der Waals surface area (Å²) in [7, 11) is 1.65. The standard InChI is InChI=1S/C11H18N2O2/c1-9-4-3-5-11(12-9)13-10(6-7-14)8-15-2/h3-5,10,14H,6-8H2,1-2H3,(H,12,13). The van der Waals surface area contributed by atoms with Gasteiger partial charge in [0.15, 0.2) is 0 Å². The van der Waals surface area contributed by atoms with Crippen molar-refractivity contribution in [3.8, 4) is 0 Å². The number of hydrogen-bond acceptors (Lipinski definition) is 4. The number of aliphatic hydroxyl groups excluding tert-OH is 1. The molecule has 0 aliphatic heterocycles. The lowest BCUT2D eigenvalue weighted by molar-refractivity contribution is 0.170. The molecule has 0 saturated carbocycles. The minimum absolute atomic E-state index is 0.106. The molecule has 4 heteroatoms. The van der Waals surface area contributed by atoms with Crippen LogP contribution in [0.25, 0.3) is 0 Å². The Kier molecular flexibility index (Phi) is 5.07. The van der Waals surface area contributed by atoms with Crippen LogP contribution in [0, 0.1) is 6.92 Å². The first-order valence-corrected chi connectivity index (χ1v) is 5.06. The molecule has 0 aliphatic carbocycles. The Morgan fingerprint density at radius 1 is 1.53 bits per heavy atom. The first-order valence-electron chi connectivity index (χ1n) is 5.06. The fourth-order valence-electron chi connectivity index (χ4n) is 1.39. The second kappa shape index (κ2) is 6.37. The van der Waals surface area contributed by atoms with Crippen LogP contribution in [-0.4, -0.2) is 36.5 Å². The van der Waals surface area contributed by atoms with Crippen molar-refractivity contribution in [3.63, 3.8) is 0 Å². The first kappa shape index (κ1) is 11.9. The Balaban J connectivity index is 2.56. The number of rotatable bonds is 6. The van der Waals surface area contributed by atoms with Crippen LogP contribution >= 0.6 is 0 Å². The number of aryl methyl sites for hydroxylation is 1. The van der Waals surface area contributed by atoms with E-state index in [9.17, 15) is 0 Å². The highest BCUT2D eigenvalue weighted by molar-refractivity contribution is 5.36. The number of aliphatic hydroxyl groups is 1. The second-order valence-corrected chi connectivity index (χ2v) is 3.47. The third-order valence-corrected chi connectivity index (χ3v) is 2.09. The third-order valence-electron chi connectivity index (χ3n) is 2.09. The maximum Gasteiger partial charge on any atom is 0.126 e. The van der Waals surface area contributed by atoms with Crippen molar-refractivity contribution in [2.45, 2.75) is 19.4 Å². The Morgan fingerprint density at radius 3 is 2.93 bits per heavy atom. The van der Waals surface area contributed by atoms with Crippen LogP contribution in [0.1, 0.15) is 12.1 Å². The maximum atomic E-state index is 8.88. The quantitative estimate of drug-likeness (QED) is 0.740. The van der Waals surface area contributed by atoms with Gasteiger partial charge >= 0.3 is 0 Å². The molecule has 2 N–H and O–H groups in total. The second-order valence-electron chi connectivity index (χ2n) is 3.47. The molecule has 0 radical (unpaired) electrons. The number of hydrogen-bond donors (Lipinski definition) is 2. The van der Waals surface area contributed by atoms with Gasteiger partial charge in [0.2, 0.25) is 0 Å². The summed E-state index contributed by atoms with van der Waals surface area (Å²) in [5.74, 6) is 0.825. The van der Waals surface area contributed by atoms with E-state index in [1.165, 1.54) is 0 Å². The molecule has 1 unspecified atom stereocenters. The zero-order valence-electron chi connectivity index (χ0n) is 9.23. The molecule has 0 aromatic carbocycles. The minimum atomic E-state index is 0.106. The van der Waals surface area contributed by atoms with E-state index < -0.39 is 0 Å². The molecule has 0 saturated heterocycles. The summed E-state index contributed by atoms with van der Waals surface area (Å²) in [5.41, 5.74) is 0.972. The smallest absolute Gasteiger partial charge is 0.126 e. The van der Waals surface area contributed by atoms with Gasteiger partial charge in [-0.15, -0.1) is 0 Å². The van der Waals surface area contributed by atoms with E-state index in [1.54, 1.807) is 7.11 Å². The van der Waals surface area contributed by atoms with Gasteiger partial charge < -0.3 is 15.2 Å². The van der Waals surface area contributed by atoms with Crippen molar-refractivity contribution in [1.82, 2.24) is 4.98 Å². The predicted molar refractivity (Wildman–Crippen MR) is 60.0 cm³/mol. The fourth-order valence-corrected chi connectivity index (χ4v) is 1.39. The molecule has 1 heterocycles. The number of aromatic nitrogens is 1. The van der Waals surface area contributed by atoms with E-state index in [0.29, 0.717) is 13.0 Å². The average Bonchev–Trinajstić information content (AvgIpc) is 2.18. The van der Waals surface area contributed by atoms with E-state index in [-0.39, 0.29) is 12.6 Å². The minimum Gasteiger partial charge on any atom is -0.396 e. The van der Waals surface area contributed by atoms with Crippen molar-refractivity contribution in [3.05, 3.63) is 23.9 Å². The number of nitrogens with zero attached hydrogens (tertiary/aromatic N) is 1. The topological polar surface area (TPSA) is 54.4 Å². The first-order chi connectivity index (χ1) is 7.26. The van der Waals surface area contributed by atoms with Crippen LogP contribution in [0.5, 0.6) is 0 Å². The van der Waals surface area contributed by atoms with Crippen LogP contribution in [-0.2, 0) is 4.74 Å². The lowest BCUT2D eigenvalue weighted by Crippen LogP contribution is -2.26. The third kappa shape index (κ3) is 4.27. The number of anilines is 1. The van der Waals surface area contributed by atoms with Crippen molar-refractivity contribution in [1.29, 1.82) is 0 Å². The van der Waals surface area contributed by atoms with Gasteiger partial charge in [-0.3, -0.25) is 0 Å². The molecule has 0 amide bonds. The van der Waals surface area contributed by atoms with Gasteiger partial charge in [-0.25, -0.2) is 4.98 Å². The molecule has 1 atom stereocenters. The van der Waals surface area contributed by atoms with Gasteiger partial charge in [-0.05, 0) is 25.5 Å². The van der Waals surface area contributed by atoms with Gasteiger partial charge in [0, 0.05) is 19.4 Å². The molecule has 1 rings (SSSR count). The molecule has 1 aromatic rings. The van der Waals surface area contributed by atoms with Crippen LogP contribution < -0.4 is 5.32 Å². The summed E-state index contributed by atoms with van der Waals surface area (Å²) < 4.78 is 5.06. The molecular weight excluding hydrogens is 192 g/mol. The number of pyridine rings is 1. The van der Waals surface area contributed by atoms with E-state index >= 15 is 0 Å². The lowest BCUT2D eigenvalue weighted by Gasteiger charge is -2.17. The monoisotopic (exact) mass is 210 g/mol. The summed E-state index contributed by atoms with van der Waals surface area (Å²) in [5, 5.41) is 12.1.